The summed E-state index contributed by atoms with van der Waals surface area (Å²) < 4.78 is 48.3. The molecule has 11 nitrogen and oxygen atoms in total. The number of anilines is 1. The first kappa shape index (κ1) is 28.0. The molecule has 0 aliphatic heterocycles. The van der Waals surface area contributed by atoms with Gasteiger partial charge in [0.15, 0.2) is 6.61 Å². The largest absolute Gasteiger partial charge is 0.497 e. The van der Waals surface area contributed by atoms with Gasteiger partial charge in [-0.25, -0.2) is 18.6 Å². The standard InChI is InChI=1S/C26H27N3O8S/c1-34-20-12-14-22(15-13-20)38(32,33)29(23-6-4-5-7-24(23)35-2)17-25(30)28-27-16-19-8-10-21(11-9-19)37-18-26(31)36-3/h4-16H,17-18H2,1-3H3,(H,28,30)/b27-16-. The molecule has 0 aromatic heterocycles. The number of para-hydroxylation sites is 2. The van der Waals surface area contributed by atoms with Crippen molar-refractivity contribution in [2.45, 2.75) is 4.90 Å². The number of benzene rings is 3. The molecule has 12 heteroatoms. The van der Waals surface area contributed by atoms with Crippen LogP contribution in [0, 0.1) is 0 Å². The van der Waals surface area contributed by atoms with Gasteiger partial charge in [-0.3, -0.25) is 9.10 Å². The molecule has 1 N–H and O–H groups in total. The van der Waals surface area contributed by atoms with Crippen molar-refractivity contribution in [3.8, 4) is 17.2 Å². The number of hydrogen-bond acceptors (Lipinski definition) is 9. The quantitative estimate of drug-likeness (QED) is 0.210. The number of hydrazone groups is 1. The molecule has 3 aromatic rings. The van der Waals surface area contributed by atoms with Gasteiger partial charge >= 0.3 is 5.97 Å². The van der Waals surface area contributed by atoms with Crippen LogP contribution < -0.4 is 23.9 Å². The minimum atomic E-state index is -4.16. The lowest BCUT2D eigenvalue weighted by Gasteiger charge is -2.25. The van der Waals surface area contributed by atoms with Gasteiger partial charge < -0.3 is 18.9 Å². The van der Waals surface area contributed by atoms with E-state index < -0.39 is 28.4 Å². The molecule has 3 rings (SSSR count). The van der Waals surface area contributed by atoms with Crippen LogP contribution in [-0.2, 0) is 24.3 Å². The van der Waals surface area contributed by atoms with E-state index in [1.807, 2.05) is 0 Å². The van der Waals surface area contributed by atoms with Crippen LogP contribution in [0.1, 0.15) is 5.56 Å². The van der Waals surface area contributed by atoms with Crippen molar-refractivity contribution in [1.29, 1.82) is 0 Å². The Labute approximate surface area is 220 Å². The Hall–Kier alpha value is -4.58. The third-order valence-electron chi connectivity index (χ3n) is 5.16. The van der Waals surface area contributed by atoms with Crippen molar-refractivity contribution in [1.82, 2.24) is 5.43 Å². The molecule has 3 aromatic carbocycles. The first-order chi connectivity index (χ1) is 18.3. The summed E-state index contributed by atoms with van der Waals surface area (Å²) in [5, 5.41) is 3.92. The van der Waals surface area contributed by atoms with Crippen LogP contribution in [0.25, 0.3) is 0 Å². The molecule has 0 aliphatic rings. The summed E-state index contributed by atoms with van der Waals surface area (Å²) >= 11 is 0. The highest BCUT2D eigenvalue weighted by atomic mass is 32.2. The van der Waals surface area contributed by atoms with Crippen LogP contribution >= 0.6 is 0 Å². The van der Waals surface area contributed by atoms with E-state index in [9.17, 15) is 18.0 Å². The molecule has 38 heavy (non-hydrogen) atoms. The third-order valence-corrected chi connectivity index (χ3v) is 6.93. The Bertz CT molecular complexity index is 1370. The van der Waals surface area contributed by atoms with Crippen LogP contribution in [0.4, 0.5) is 5.69 Å². The number of methoxy groups -OCH3 is 3. The van der Waals surface area contributed by atoms with Gasteiger partial charge in [0, 0.05) is 0 Å². The Balaban J connectivity index is 1.75. The van der Waals surface area contributed by atoms with Crippen molar-refractivity contribution < 1.29 is 37.0 Å². The van der Waals surface area contributed by atoms with E-state index in [-0.39, 0.29) is 22.9 Å². The highest BCUT2D eigenvalue weighted by Crippen LogP contribution is 2.32. The molecule has 0 saturated carbocycles. The SMILES string of the molecule is COC(=O)COc1ccc(/C=N\NC(=O)CN(c2ccccc2OC)S(=O)(=O)c2ccc(OC)cc2)cc1. The number of ether oxygens (including phenoxy) is 4. The summed E-state index contributed by atoms with van der Waals surface area (Å²) in [5.41, 5.74) is 3.16. The van der Waals surface area contributed by atoms with Crippen molar-refractivity contribution in [3.63, 3.8) is 0 Å². The molecule has 0 spiro atoms. The predicted molar refractivity (Wildman–Crippen MR) is 140 cm³/mol. The van der Waals surface area contributed by atoms with E-state index in [1.165, 1.54) is 51.8 Å². The lowest BCUT2D eigenvalue weighted by atomic mass is 10.2. The first-order valence-corrected chi connectivity index (χ1v) is 12.6. The molecule has 0 atom stereocenters. The van der Waals surface area contributed by atoms with Crippen LogP contribution in [0.15, 0.2) is 82.8 Å². The number of hydrogen-bond donors (Lipinski definition) is 1. The first-order valence-electron chi connectivity index (χ1n) is 11.2. The Kier molecular flexibility index (Phi) is 9.66. The van der Waals surface area contributed by atoms with Crippen LogP contribution in [0.2, 0.25) is 0 Å². The van der Waals surface area contributed by atoms with Gasteiger partial charge in [0.2, 0.25) is 0 Å². The van der Waals surface area contributed by atoms with E-state index >= 15 is 0 Å². The predicted octanol–water partition coefficient (Wildman–Crippen LogP) is 2.60. The molecule has 0 bridgehead atoms. The van der Waals surface area contributed by atoms with Crippen molar-refractivity contribution in [2.24, 2.45) is 5.10 Å². The lowest BCUT2D eigenvalue weighted by molar-refractivity contribution is -0.142. The van der Waals surface area contributed by atoms with Crippen molar-refractivity contribution in [3.05, 3.63) is 78.4 Å². The van der Waals surface area contributed by atoms with E-state index in [0.29, 0.717) is 17.1 Å². The molecular formula is C26H27N3O8S. The van der Waals surface area contributed by atoms with Gasteiger partial charge in [-0.1, -0.05) is 12.1 Å². The summed E-state index contributed by atoms with van der Waals surface area (Å²) in [6, 6.07) is 18.9. The average Bonchev–Trinajstić information content (AvgIpc) is 2.95. The monoisotopic (exact) mass is 541 g/mol. The molecule has 0 unspecified atom stereocenters. The number of carbonyl (C=O) groups excluding carboxylic acids is 2. The zero-order valence-electron chi connectivity index (χ0n) is 21.0. The van der Waals surface area contributed by atoms with E-state index in [1.54, 1.807) is 48.5 Å². The van der Waals surface area contributed by atoms with Gasteiger partial charge in [0.1, 0.15) is 23.8 Å². The van der Waals surface area contributed by atoms with E-state index in [2.05, 4.69) is 15.3 Å². The fraction of sp³-hybridized carbons (Fsp3) is 0.192. The van der Waals surface area contributed by atoms with Gasteiger partial charge in [0.25, 0.3) is 15.9 Å². The second kappa shape index (κ2) is 13.1. The third kappa shape index (κ3) is 7.23. The molecule has 200 valence electrons. The molecule has 0 radical (unpaired) electrons. The number of amides is 1. The number of nitrogens with zero attached hydrogens (tertiary/aromatic N) is 2. The number of carbonyl (C=O) groups is 2. The number of esters is 1. The number of sulfonamides is 1. The summed E-state index contributed by atoms with van der Waals surface area (Å²) in [6.45, 7) is -0.783. The fourth-order valence-corrected chi connectivity index (χ4v) is 4.64. The van der Waals surface area contributed by atoms with Gasteiger partial charge in [0.05, 0.1) is 38.1 Å². The Morgan fingerprint density at radius 1 is 0.895 bits per heavy atom. The molecule has 0 fully saturated rings. The zero-order chi connectivity index (χ0) is 27.5. The molecular weight excluding hydrogens is 514 g/mol. The highest BCUT2D eigenvalue weighted by molar-refractivity contribution is 7.92. The summed E-state index contributed by atoms with van der Waals surface area (Å²) in [6.07, 6.45) is 1.38. The topological polar surface area (TPSA) is 133 Å². The van der Waals surface area contributed by atoms with Crippen LogP contribution in [0.3, 0.4) is 0 Å². The molecule has 0 heterocycles. The maximum absolute atomic E-state index is 13.5. The molecule has 0 saturated heterocycles. The number of rotatable bonds is 12. The fourth-order valence-electron chi connectivity index (χ4n) is 3.21. The normalized spacial score (nSPS) is 11.0. The second-order valence-corrected chi connectivity index (χ2v) is 9.45. The summed E-state index contributed by atoms with van der Waals surface area (Å²) in [4.78, 5) is 23.9. The Morgan fingerprint density at radius 2 is 1.55 bits per heavy atom. The maximum atomic E-state index is 13.5. The Morgan fingerprint density at radius 3 is 2.18 bits per heavy atom. The average molecular weight is 542 g/mol. The van der Waals surface area contributed by atoms with Crippen molar-refractivity contribution in [2.75, 3.05) is 38.8 Å². The maximum Gasteiger partial charge on any atom is 0.343 e. The minimum absolute atomic E-state index is 0.0324. The zero-order valence-corrected chi connectivity index (χ0v) is 21.8. The summed E-state index contributed by atoms with van der Waals surface area (Å²) in [5.74, 6) is 0.0305. The smallest absolute Gasteiger partial charge is 0.343 e. The lowest BCUT2D eigenvalue weighted by Crippen LogP contribution is -2.39. The van der Waals surface area contributed by atoms with Gasteiger partial charge in [-0.2, -0.15) is 5.10 Å². The van der Waals surface area contributed by atoms with Crippen LogP contribution in [0.5, 0.6) is 17.2 Å². The number of nitrogens with one attached hydrogen (secondary N) is 1. The van der Waals surface area contributed by atoms with E-state index in [0.717, 1.165) is 4.31 Å². The molecule has 0 aliphatic carbocycles. The second-order valence-electron chi connectivity index (χ2n) is 7.59. The highest BCUT2D eigenvalue weighted by Gasteiger charge is 2.29. The van der Waals surface area contributed by atoms with Gasteiger partial charge in [-0.05, 0) is 66.2 Å². The van der Waals surface area contributed by atoms with Crippen molar-refractivity contribution >= 4 is 33.8 Å². The van der Waals surface area contributed by atoms with E-state index in [4.69, 9.17) is 14.2 Å². The van der Waals surface area contributed by atoms with Crippen LogP contribution in [-0.4, -0.2) is 61.0 Å². The minimum Gasteiger partial charge on any atom is -0.497 e. The molecule has 1 amide bonds. The summed E-state index contributed by atoms with van der Waals surface area (Å²) in [7, 11) is -0.0117. The van der Waals surface area contributed by atoms with Gasteiger partial charge in [-0.15, -0.1) is 0 Å².